The van der Waals surface area contributed by atoms with Crippen LogP contribution in [-0.2, 0) is 11.2 Å². The van der Waals surface area contributed by atoms with Crippen molar-refractivity contribution in [3.8, 4) is 5.75 Å². The monoisotopic (exact) mass is 325 g/mol. The summed E-state index contributed by atoms with van der Waals surface area (Å²) >= 11 is 0. The largest absolute Gasteiger partial charge is 0.484 e. The fraction of sp³-hybridized carbons (Fsp3) is 0.381. The minimum atomic E-state index is -0.0770. The molecule has 2 rings (SSSR count). The van der Waals surface area contributed by atoms with Crippen molar-refractivity contribution in [2.45, 2.75) is 39.5 Å². The number of rotatable bonds is 8. The van der Waals surface area contributed by atoms with E-state index < -0.39 is 0 Å². The van der Waals surface area contributed by atoms with Gasteiger partial charge in [0.1, 0.15) is 5.75 Å². The van der Waals surface area contributed by atoms with Gasteiger partial charge in [-0.3, -0.25) is 4.79 Å². The summed E-state index contributed by atoms with van der Waals surface area (Å²) in [5.74, 6) is 1.15. The second kappa shape index (κ2) is 9.11. The van der Waals surface area contributed by atoms with E-state index in [-0.39, 0.29) is 12.5 Å². The topological polar surface area (TPSA) is 38.3 Å². The van der Waals surface area contributed by atoms with Crippen LogP contribution in [-0.4, -0.2) is 19.1 Å². The van der Waals surface area contributed by atoms with E-state index in [4.69, 9.17) is 4.74 Å². The van der Waals surface area contributed by atoms with Crippen LogP contribution in [0.5, 0.6) is 5.75 Å². The van der Waals surface area contributed by atoms with Gasteiger partial charge in [-0.25, -0.2) is 0 Å². The number of hydrogen-bond donors (Lipinski definition) is 1. The van der Waals surface area contributed by atoms with E-state index in [0.717, 1.165) is 18.6 Å². The second-order valence-electron chi connectivity index (χ2n) is 6.45. The Morgan fingerprint density at radius 1 is 1.04 bits per heavy atom. The van der Waals surface area contributed by atoms with Crippen molar-refractivity contribution in [2.75, 3.05) is 13.2 Å². The highest BCUT2D eigenvalue weighted by Crippen LogP contribution is 2.18. The minimum Gasteiger partial charge on any atom is -0.484 e. The molecule has 0 aliphatic rings. The Kier molecular flexibility index (Phi) is 6.86. The first-order chi connectivity index (χ1) is 11.5. The van der Waals surface area contributed by atoms with Crippen LogP contribution in [0.3, 0.4) is 0 Å². The fourth-order valence-corrected chi connectivity index (χ4v) is 2.42. The summed E-state index contributed by atoms with van der Waals surface area (Å²) in [6.45, 7) is 7.12. The molecule has 128 valence electrons. The normalized spacial score (nSPS) is 10.7. The molecule has 0 saturated heterocycles. The number of carbonyl (C=O) groups is 1. The zero-order valence-corrected chi connectivity index (χ0v) is 14.8. The quantitative estimate of drug-likeness (QED) is 0.737. The molecule has 3 nitrogen and oxygen atoms in total. The number of amides is 1. The molecule has 0 heterocycles. The highest BCUT2D eigenvalue weighted by Gasteiger charge is 2.04. The van der Waals surface area contributed by atoms with Gasteiger partial charge < -0.3 is 10.1 Å². The summed E-state index contributed by atoms with van der Waals surface area (Å²) in [4.78, 5) is 11.8. The standard InChI is InChI=1S/C21H27NO2/c1-16(2)19-10-12-20(13-11-19)24-15-21(23)22-14-4-5-18-8-6-17(3)7-9-18/h6-13,16H,4-5,14-15H2,1-3H3,(H,22,23). The molecular weight excluding hydrogens is 298 g/mol. The van der Waals surface area contributed by atoms with Crippen LogP contribution in [0.15, 0.2) is 48.5 Å². The molecular formula is C21H27NO2. The number of aryl methyl sites for hydroxylation is 2. The average molecular weight is 325 g/mol. The maximum absolute atomic E-state index is 11.8. The first kappa shape index (κ1) is 18.1. The number of ether oxygens (including phenoxy) is 1. The lowest BCUT2D eigenvalue weighted by molar-refractivity contribution is -0.123. The SMILES string of the molecule is Cc1ccc(CCCNC(=O)COc2ccc(C(C)C)cc2)cc1. The molecule has 0 aliphatic carbocycles. The molecule has 0 bridgehead atoms. The fourth-order valence-electron chi connectivity index (χ4n) is 2.42. The van der Waals surface area contributed by atoms with Crippen LogP contribution in [0.1, 0.15) is 42.9 Å². The summed E-state index contributed by atoms with van der Waals surface area (Å²) in [5, 5.41) is 2.90. The van der Waals surface area contributed by atoms with Gasteiger partial charge in [-0.05, 0) is 48.9 Å². The van der Waals surface area contributed by atoms with Gasteiger partial charge in [0.2, 0.25) is 0 Å². The lowest BCUT2D eigenvalue weighted by Gasteiger charge is -2.09. The third-order valence-electron chi connectivity index (χ3n) is 4.00. The highest BCUT2D eigenvalue weighted by atomic mass is 16.5. The van der Waals surface area contributed by atoms with E-state index in [1.165, 1.54) is 16.7 Å². The van der Waals surface area contributed by atoms with Gasteiger partial charge in [0.05, 0.1) is 0 Å². The Balaban J connectivity index is 1.63. The van der Waals surface area contributed by atoms with Crippen LogP contribution >= 0.6 is 0 Å². The summed E-state index contributed by atoms with van der Waals surface area (Å²) in [7, 11) is 0. The minimum absolute atomic E-state index is 0.0611. The highest BCUT2D eigenvalue weighted by molar-refractivity contribution is 5.77. The van der Waals surface area contributed by atoms with E-state index in [0.29, 0.717) is 12.5 Å². The van der Waals surface area contributed by atoms with Crippen molar-refractivity contribution in [1.82, 2.24) is 5.32 Å². The van der Waals surface area contributed by atoms with E-state index in [9.17, 15) is 4.79 Å². The van der Waals surface area contributed by atoms with Gasteiger partial charge in [0.15, 0.2) is 6.61 Å². The van der Waals surface area contributed by atoms with E-state index in [1.54, 1.807) is 0 Å². The van der Waals surface area contributed by atoms with E-state index in [1.807, 2.05) is 24.3 Å². The maximum atomic E-state index is 11.8. The van der Waals surface area contributed by atoms with Crippen molar-refractivity contribution < 1.29 is 9.53 Å². The summed E-state index contributed by atoms with van der Waals surface area (Å²) in [6, 6.07) is 16.4. The Morgan fingerprint density at radius 3 is 2.33 bits per heavy atom. The molecule has 0 aromatic heterocycles. The van der Waals surface area contributed by atoms with Crippen LogP contribution < -0.4 is 10.1 Å². The summed E-state index contributed by atoms with van der Waals surface area (Å²) in [6.07, 6.45) is 1.90. The van der Waals surface area contributed by atoms with Crippen molar-refractivity contribution >= 4 is 5.91 Å². The molecule has 2 aromatic rings. The third-order valence-corrected chi connectivity index (χ3v) is 4.00. The number of carbonyl (C=O) groups excluding carboxylic acids is 1. The Morgan fingerprint density at radius 2 is 1.71 bits per heavy atom. The van der Waals surface area contributed by atoms with Gasteiger partial charge in [-0.15, -0.1) is 0 Å². The zero-order chi connectivity index (χ0) is 17.4. The Labute approximate surface area is 145 Å². The lowest BCUT2D eigenvalue weighted by Crippen LogP contribution is -2.29. The average Bonchev–Trinajstić information content (AvgIpc) is 2.59. The predicted molar refractivity (Wildman–Crippen MR) is 98.5 cm³/mol. The van der Waals surface area contributed by atoms with Gasteiger partial charge in [-0.2, -0.15) is 0 Å². The van der Waals surface area contributed by atoms with Crippen LogP contribution in [0.25, 0.3) is 0 Å². The van der Waals surface area contributed by atoms with Crippen molar-refractivity contribution in [3.05, 3.63) is 65.2 Å². The maximum Gasteiger partial charge on any atom is 0.257 e. The van der Waals surface area contributed by atoms with Gasteiger partial charge in [0, 0.05) is 6.54 Å². The molecule has 0 saturated carbocycles. The number of hydrogen-bond acceptors (Lipinski definition) is 2. The zero-order valence-electron chi connectivity index (χ0n) is 14.8. The molecule has 0 spiro atoms. The van der Waals surface area contributed by atoms with Gasteiger partial charge in [0.25, 0.3) is 5.91 Å². The smallest absolute Gasteiger partial charge is 0.257 e. The molecule has 0 aliphatic heterocycles. The van der Waals surface area contributed by atoms with Crippen molar-refractivity contribution in [3.63, 3.8) is 0 Å². The lowest BCUT2D eigenvalue weighted by atomic mass is 10.0. The molecule has 24 heavy (non-hydrogen) atoms. The predicted octanol–water partition coefficient (Wildman–Crippen LogP) is 4.25. The molecule has 0 radical (unpaired) electrons. The molecule has 1 amide bonds. The third kappa shape index (κ3) is 6.07. The Hall–Kier alpha value is -2.29. The van der Waals surface area contributed by atoms with E-state index >= 15 is 0 Å². The number of nitrogens with one attached hydrogen (secondary N) is 1. The first-order valence-electron chi connectivity index (χ1n) is 8.59. The van der Waals surface area contributed by atoms with Crippen LogP contribution in [0, 0.1) is 6.92 Å². The molecule has 3 heteroatoms. The second-order valence-corrected chi connectivity index (χ2v) is 6.45. The molecule has 0 atom stereocenters. The molecule has 2 aromatic carbocycles. The van der Waals surface area contributed by atoms with E-state index in [2.05, 4.69) is 50.4 Å². The number of benzene rings is 2. The van der Waals surface area contributed by atoms with Crippen LogP contribution in [0.2, 0.25) is 0 Å². The molecule has 0 fully saturated rings. The first-order valence-corrected chi connectivity index (χ1v) is 8.59. The van der Waals surface area contributed by atoms with Crippen molar-refractivity contribution in [1.29, 1.82) is 0 Å². The van der Waals surface area contributed by atoms with Gasteiger partial charge in [-0.1, -0.05) is 55.8 Å². The molecule has 1 N–H and O–H groups in total. The van der Waals surface area contributed by atoms with Crippen LogP contribution in [0.4, 0.5) is 0 Å². The summed E-state index contributed by atoms with van der Waals surface area (Å²) in [5.41, 5.74) is 3.84. The van der Waals surface area contributed by atoms with Crippen molar-refractivity contribution in [2.24, 2.45) is 0 Å². The van der Waals surface area contributed by atoms with Gasteiger partial charge >= 0.3 is 0 Å². The molecule has 0 unspecified atom stereocenters. The summed E-state index contributed by atoms with van der Waals surface area (Å²) < 4.78 is 5.52. The Bertz CT molecular complexity index is 630.